The monoisotopic (exact) mass is 243 g/mol. The number of allylic oxidation sites excluding steroid dienone is 1. The summed E-state index contributed by atoms with van der Waals surface area (Å²) in [7, 11) is 0. The molecule has 0 saturated heterocycles. The number of rotatable bonds is 7. The third kappa shape index (κ3) is 2.82. The van der Waals surface area contributed by atoms with E-state index in [1.54, 1.807) is 0 Å². The molecule has 2 aromatic rings. The van der Waals surface area contributed by atoms with Gasteiger partial charge >= 0.3 is 0 Å². The van der Waals surface area contributed by atoms with Crippen molar-refractivity contribution in [1.29, 1.82) is 0 Å². The molecule has 1 unspecified atom stereocenters. The van der Waals surface area contributed by atoms with Crippen LogP contribution in [0.1, 0.15) is 37.8 Å². The highest BCUT2D eigenvalue weighted by Gasteiger charge is 2.15. The third-order valence-electron chi connectivity index (χ3n) is 3.19. The van der Waals surface area contributed by atoms with Crippen LogP contribution in [0.2, 0.25) is 0 Å². The summed E-state index contributed by atoms with van der Waals surface area (Å²) in [5.74, 6) is 0. The van der Waals surface area contributed by atoms with E-state index >= 15 is 0 Å². The normalized spacial score (nSPS) is 12.7. The van der Waals surface area contributed by atoms with Crippen LogP contribution in [0.15, 0.2) is 47.6 Å². The first-order valence-corrected chi connectivity index (χ1v) is 6.67. The number of furan rings is 1. The fourth-order valence-corrected chi connectivity index (χ4v) is 2.24. The summed E-state index contributed by atoms with van der Waals surface area (Å²) >= 11 is 0. The van der Waals surface area contributed by atoms with Gasteiger partial charge in [0.05, 0.1) is 6.26 Å². The third-order valence-corrected chi connectivity index (χ3v) is 3.19. The number of benzene rings is 1. The molecular weight excluding hydrogens is 222 g/mol. The molecule has 1 N–H and O–H groups in total. The van der Waals surface area contributed by atoms with E-state index in [2.05, 4.69) is 31.0 Å². The molecule has 0 radical (unpaired) electrons. The van der Waals surface area contributed by atoms with Crippen LogP contribution < -0.4 is 5.32 Å². The van der Waals surface area contributed by atoms with Crippen LogP contribution in [-0.4, -0.2) is 6.54 Å². The maximum atomic E-state index is 5.62. The van der Waals surface area contributed by atoms with Crippen LogP contribution >= 0.6 is 0 Å². The van der Waals surface area contributed by atoms with Crippen LogP contribution in [0.25, 0.3) is 11.0 Å². The van der Waals surface area contributed by atoms with E-state index < -0.39 is 0 Å². The Balaban J connectivity index is 2.25. The molecule has 0 fully saturated rings. The number of nitrogens with one attached hydrogen (secondary N) is 1. The van der Waals surface area contributed by atoms with Gasteiger partial charge < -0.3 is 9.73 Å². The molecule has 0 saturated carbocycles. The lowest BCUT2D eigenvalue weighted by Gasteiger charge is -2.16. The van der Waals surface area contributed by atoms with Gasteiger partial charge in [-0.1, -0.05) is 31.2 Å². The van der Waals surface area contributed by atoms with E-state index in [1.165, 1.54) is 10.9 Å². The first-order chi connectivity index (χ1) is 8.86. The number of hydrogen-bond donors (Lipinski definition) is 1. The molecular formula is C16H21NO. The standard InChI is InChI=1S/C16H21NO/c1-3-5-9-15(17-11-4-2)14-12-18-16-10-7-6-8-13(14)16/h3,6-8,10,12,15,17H,1,4-5,9,11H2,2H3. The topological polar surface area (TPSA) is 25.2 Å². The van der Waals surface area contributed by atoms with Crippen molar-refractivity contribution in [3.05, 3.63) is 48.7 Å². The predicted molar refractivity (Wildman–Crippen MR) is 76.7 cm³/mol. The summed E-state index contributed by atoms with van der Waals surface area (Å²) in [5, 5.41) is 4.81. The molecule has 2 nitrogen and oxygen atoms in total. The van der Waals surface area contributed by atoms with Crippen molar-refractivity contribution < 1.29 is 4.42 Å². The second kappa shape index (κ2) is 6.41. The lowest BCUT2D eigenvalue weighted by molar-refractivity contribution is 0.496. The molecule has 0 aliphatic heterocycles. The second-order valence-corrected chi connectivity index (χ2v) is 4.56. The molecule has 1 aromatic heterocycles. The molecule has 0 aliphatic rings. The summed E-state index contributed by atoms with van der Waals surface area (Å²) < 4.78 is 5.62. The average Bonchev–Trinajstić information content (AvgIpc) is 2.83. The van der Waals surface area contributed by atoms with Crippen LogP contribution in [0.5, 0.6) is 0 Å². The largest absolute Gasteiger partial charge is 0.464 e. The minimum atomic E-state index is 0.353. The van der Waals surface area contributed by atoms with Gasteiger partial charge in [0.1, 0.15) is 5.58 Å². The van der Waals surface area contributed by atoms with E-state index in [-0.39, 0.29) is 0 Å². The lowest BCUT2D eigenvalue weighted by atomic mass is 10.0. The first-order valence-electron chi connectivity index (χ1n) is 6.67. The van der Waals surface area contributed by atoms with Crippen molar-refractivity contribution in [2.45, 2.75) is 32.2 Å². The highest BCUT2D eigenvalue weighted by atomic mass is 16.3. The van der Waals surface area contributed by atoms with Crippen molar-refractivity contribution in [3.8, 4) is 0 Å². The van der Waals surface area contributed by atoms with Gasteiger partial charge in [-0.05, 0) is 31.9 Å². The Morgan fingerprint density at radius 2 is 2.22 bits per heavy atom. The molecule has 2 rings (SSSR count). The highest BCUT2D eigenvalue weighted by molar-refractivity contribution is 5.81. The molecule has 0 amide bonds. The Hall–Kier alpha value is -1.54. The lowest BCUT2D eigenvalue weighted by Crippen LogP contribution is -2.21. The maximum absolute atomic E-state index is 5.62. The first kappa shape index (κ1) is 12.9. The number of fused-ring (bicyclic) bond motifs is 1. The van der Waals surface area contributed by atoms with Gasteiger partial charge in [0, 0.05) is 17.0 Å². The quantitative estimate of drug-likeness (QED) is 0.727. The van der Waals surface area contributed by atoms with Crippen LogP contribution in [0, 0.1) is 0 Å². The van der Waals surface area contributed by atoms with Crippen molar-refractivity contribution in [2.24, 2.45) is 0 Å². The van der Waals surface area contributed by atoms with Gasteiger partial charge in [-0.15, -0.1) is 6.58 Å². The van der Waals surface area contributed by atoms with Gasteiger partial charge in [-0.2, -0.15) is 0 Å². The highest BCUT2D eigenvalue weighted by Crippen LogP contribution is 2.28. The molecule has 0 bridgehead atoms. The average molecular weight is 243 g/mol. The van der Waals surface area contributed by atoms with Crippen LogP contribution in [0.4, 0.5) is 0 Å². The Morgan fingerprint density at radius 1 is 1.39 bits per heavy atom. The molecule has 1 atom stereocenters. The Kier molecular flexibility index (Phi) is 4.59. The maximum Gasteiger partial charge on any atom is 0.134 e. The smallest absolute Gasteiger partial charge is 0.134 e. The summed E-state index contributed by atoms with van der Waals surface area (Å²) in [6.45, 7) is 7.02. The van der Waals surface area contributed by atoms with E-state index in [9.17, 15) is 0 Å². The number of hydrogen-bond acceptors (Lipinski definition) is 2. The SMILES string of the molecule is C=CCCC(NCCC)c1coc2ccccc12. The molecule has 0 aliphatic carbocycles. The Labute approximate surface area is 109 Å². The fraction of sp³-hybridized carbons (Fsp3) is 0.375. The van der Waals surface area contributed by atoms with E-state index in [0.717, 1.165) is 31.4 Å². The Morgan fingerprint density at radius 3 is 3.00 bits per heavy atom. The minimum Gasteiger partial charge on any atom is -0.464 e. The zero-order valence-corrected chi connectivity index (χ0v) is 11.0. The Bertz CT molecular complexity index is 501. The zero-order chi connectivity index (χ0) is 12.8. The summed E-state index contributed by atoms with van der Waals surface area (Å²) in [5.41, 5.74) is 2.23. The molecule has 0 spiro atoms. The van der Waals surface area contributed by atoms with Crippen LogP contribution in [-0.2, 0) is 0 Å². The van der Waals surface area contributed by atoms with Gasteiger partial charge in [0.2, 0.25) is 0 Å². The van der Waals surface area contributed by atoms with Crippen molar-refractivity contribution >= 4 is 11.0 Å². The second-order valence-electron chi connectivity index (χ2n) is 4.56. The minimum absolute atomic E-state index is 0.353. The predicted octanol–water partition coefficient (Wildman–Crippen LogP) is 4.44. The van der Waals surface area contributed by atoms with Gasteiger partial charge in [-0.25, -0.2) is 0 Å². The molecule has 96 valence electrons. The van der Waals surface area contributed by atoms with E-state index in [1.807, 2.05) is 24.5 Å². The van der Waals surface area contributed by atoms with Gasteiger partial charge in [-0.3, -0.25) is 0 Å². The fourth-order valence-electron chi connectivity index (χ4n) is 2.24. The number of para-hydroxylation sites is 1. The van der Waals surface area contributed by atoms with E-state index in [0.29, 0.717) is 6.04 Å². The van der Waals surface area contributed by atoms with Crippen molar-refractivity contribution in [2.75, 3.05) is 6.54 Å². The summed E-state index contributed by atoms with van der Waals surface area (Å²) in [6, 6.07) is 8.57. The summed E-state index contributed by atoms with van der Waals surface area (Å²) in [6.07, 6.45) is 7.08. The van der Waals surface area contributed by atoms with Gasteiger partial charge in [0.15, 0.2) is 0 Å². The van der Waals surface area contributed by atoms with Crippen molar-refractivity contribution in [1.82, 2.24) is 5.32 Å². The molecule has 1 heterocycles. The van der Waals surface area contributed by atoms with Crippen LogP contribution in [0.3, 0.4) is 0 Å². The zero-order valence-electron chi connectivity index (χ0n) is 11.0. The van der Waals surface area contributed by atoms with Crippen molar-refractivity contribution in [3.63, 3.8) is 0 Å². The van der Waals surface area contributed by atoms with Gasteiger partial charge in [0.25, 0.3) is 0 Å². The molecule has 2 heteroatoms. The molecule has 1 aromatic carbocycles. The van der Waals surface area contributed by atoms with E-state index in [4.69, 9.17) is 4.42 Å². The summed E-state index contributed by atoms with van der Waals surface area (Å²) in [4.78, 5) is 0. The molecule has 18 heavy (non-hydrogen) atoms.